The first-order valence-corrected chi connectivity index (χ1v) is 7.81. The van der Waals surface area contributed by atoms with Crippen molar-refractivity contribution < 1.29 is 14.3 Å². The van der Waals surface area contributed by atoms with E-state index in [9.17, 15) is 9.59 Å². The van der Waals surface area contributed by atoms with Gasteiger partial charge in [0.2, 0.25) is 5.91 Å². The van der Waals surface area contributed by atoms with Crippen LogP contribution < -0.4 is 5.32 Å². The van der Waals surface area contributed by atoms with E-state index < -0.39 is 5.92 Å². The van der Waals surface area contributed by atoms with Crippen LogP contribution in [0, 0.1) is 5.92 Å². The molecule has 124 valence electrons. The van der Waals surface area contributed by atoms with E-state index in [0.717, 1.165) is 6.42 Å². The molecule has 6 heteroatoms. The molecule has 0 saturated heterocycles. The number of carbonyl (C=O) groups excluding carboxylic acids is 2. The molecule has 6 nitrogen and oxygen atoms in total. The minimum atomic E-state index is -0.779. The number of hydrogen-bond acceptors (Lipinski definition) is 4. The number of amides is 2. The monoisotopic (exact) mass is 317 g/mol. The highest BCUT2D eigenvalue weighted by Gasteiger charge is 2.36. The summed E-state index contributed by atoms with van der Waals surface area (Å²) >= 11 is 0. The van der Waals surface area contributed by atoms with Gasteiger partial charge in [-0.05, 0) is 25.3 Å². The third kappa shape index (κ3) is 4.89. The van der Waals surface area contributed by atoms with E-state index in [-0.39, 0.29) is 11.8 Å². The summed E-state index contributed by atoms with van der Waals surface area (Å²) in [5, 5.41) is 7.97. The van der Waals surface area contributed by atoms with E-state index in [0.29, 0.717) is 31.9 Å². The van der Waals surface area contributed by atoms with Crippen molar-refractivity contribution in [3.63, 3.8) is 0 Å². The zero-order valence-corrected chi connectivity index (χ0v) is 13.6. The molecule has 1 aliphatic heterocycles. The molecule has 1 heterocycles. The van der Waals surface area contributed by atoms with Crippen LogP contribution in [0.2, 0.25) is 0 Å². The average molecular weight is 317 g/mol. The Kier molecular flexibility index (Phi) is 6.29. The van der Waals surface area contributed by atoms with Crippen LogP contribution >= 0.6 is 0 Å². The first-order chi connectivity index (χ1) is 11.1. The lowest BCUT2D eigenvalue weighted by Gasteiger charge is -2.11. The van der Waals surface area contributed by atoms with E-state index >= 15 is 0 Å². The van der Waals surface area contributed by atoms with Crippen molar-refractivity contribution in [1.29, 1.82) is 0 Å². The van der Waals surface area contributed by atoms with E-state index in [1.807, 2.05) is 18.2 Å². The van der Waals surface area contributed by atoms with Gasteiger partial charge in [-0.15, -0.1) is 0 Å². The zero-order valence-electron chi connectivity index (χ0n) is 13.6. The van der Waals surface area contributed by atoms with Crippen LogP contribution in [0.4, 0.5) is 0 Å². The van der Waals surface area contributed by atoms with Crippen LogP contribution in [0.15, 0.2) is 35.4 Å². The summed E-state index contributed by atoms with van der Waals surface area (Å²) in [7, 11) is 1.56. The molecule has 0 radical (unpaired) electrons. The topological polar surface area (TPSA) is 71.0 Å². The number of nitrogens with one attached hydrogen (secondary N) is 1. The van der Waals surface area contributed by atoms with Crippen molar-refractivity contribution in [3.8, 4) is 0 Å². The summed E-state index contributed by atoms with van der Waals surface area (Å²) < 4.78 is 5.55. The van der Waals surface area contributed by atoms with Gasteiger partial charge in [0.15, 0.2) is 5.92 Å². The molecule has 23 heavy (non-hydrogen) atoms. The molecule has 0 aromatic heterocycles. The molecule has 0 unspecified atom stereocenters. The fourth-order valence-corrected chi connectivity index (χ4v) is 2.44. The minimum Gasteiger partial charge on any atom is -0.381 e. The van der Waals surface area contributed by atoms with Gasteiger partial charge >= 0.3 is 0 Å². The fraction of sp³-hybridized carbons (Fsp3) is 0.471. The summed E-state index contributed by atoms with van der Waals surface area (Å²) in [5.74, 6) is -1.34. The Labute approximate surface area is 136 Å². The number of benzene rings is 1. The molecular formula is C17H23N3O3. The second-order valence-corrected chi connectivity index (χ2v) is 5.53. The third-order valence-corrected chi connectivity index (χ3v) is 3.70. The number of carbonyl (C=O) groups is 2. The van der Waals surface area contributed by atoms with Gasteiger partial charge in [-0.25, -0.2) is 5.01 Å². The Morgan fingerprint density at radius 2 is 2.04 bits per heavy atom. The van der Waals surface area contributed by atoms with Crippen LogP contribution in [-0.4, -0.2) is 49.3 Å². The largest absolute Gasteiger partial charge is 0.381 e. The van der Waals surface area contributed by atoms with Gasteiger partial charge < -0.3 is 10.1 Å². The number of rotatable bonds is 8. The molecular weight excluding hydrogens is 294 g/mol. The summed E-state index contributed by atoms with van der Waals surface area (Å²) in [4.78, 5) is 23.8. The lowest BCUT2D eigenvalue weighted by Crippen LogP contribution is -2.39. The minimum absolute atomic E-state index is 0.279. The van der Waals surface area contributed by atoms with Gasteiger partial charge in [0.05, 0.1) is 12.3 Å². The molecule has 0 saturated carbocycles. The first-order valence-electron chi connectivity index (χ1n) is 7.81. The molecule has 1 aromatic carbocycles. The van der Waals surface area contributed by atoms with Crippen molar-refractivity contribution in [2.24, 2.45) is 11.0 Å². The molecule has 0 spiro atoms. The molecule has 2 rings (SSSR count). The van der Waals surface area contributed by atoms with Crippen LogP contribution in [0.1, 0.15) is 18.9 Å². The Morgan fingerprint density at radius 3 is 2.70 bits per heavy atom. The molecule has 1 N–H and O–H groups in total. The number of nitrogens with zero attached hydrogens (tertiary/aromatic N) is 2. The molecule has 0 aliphatic carbocycles. The number of ether oxygens (including phenoxy) is 1. The second-order valence-electron chi connectivity index (χ2n) is 5.53. The van der Waals surface area contributed by atoms with Crippen molar-refractivity contribution in [2.75, 3.05) is 26.8 Å². The van der Waals surface area contributed by atoms with Crippen LogP contribution in [-0.2, 0) is 20.7 Å². The zero-order chi connectivity index (χ0) is 16.7. The fourth-order valence-electron chi connectivity index (χ4n) is 2.44. The van der Waals surface area contributed by atoms with E-state index in [4.69, 9.17) is 4.74 Å². The third-order valence-electron chi connectivity index (χ3n) is 3.70. The van der Waals surface area contributed by atoms with Gasteiger partial charge in [0.1, 0.15) is 0 Å². The van der Waals surface area contributed by atoms with Gasteiger partial charge in [-0.2, -0.15) is 5.10 Å². The van der Waals surface area contributed by atoms with Crippen molar-refractivity contribution in [1.82, 2.24) is 10.3 Å². The molecule has 1 aliphatic rings. The summed E-state index contributed by atoms with van der Waals surface area (Å²) in [6.45, 7) is 3.43. The molecule has 1 atom stereocenters. The highest BCUT2D eigenvalue weighted by Crippen LogP contribution is 2.13. The predicted molar refractivity (Wildman–Crippen MR) is 88.0 cm³/mol. The molecule has 0 bridgehead atoms. The van der Waals surface area contributed by atoms with E-state index in [2.05, 4.69) is 22.6 Å². The Bertz CT molecular complexity index is 572. The van der Waals surface area contributed by atoms with Crippen LogP contribution in [0.5, 0.6) is 0 Å². The first kappa shape index (κ1) is 17.1. The lowest BCUT2D eigenvalue weighted by atomic mass is 10.0. The van der Waals surface area contributed by atoms with Crippen LogP contribution in [0.3, 0.4) is 0 Å². The second kappa shape index (κ2) is 8.43. The van der Waals surface area contributed by atoms with Gasteiger partial charge in [0, 0.05) is 20.2 Å². The Balaban J connectivity index is 1.56. The van der Waals surface area contributed by atoms with Crippen molar-refractivity contribution in [3.05, 3.63) is 35.9 Å². The maximum atomic E-state index is 12.0. The van der Waals surface area contributed by atoms with Crippen molar-refractivity contribution in [2.45, 2.75) is 19.8 Å². The molecule has 1 aromatic rings. The Hall–Kier alpha value is -2.21. The highest BCUT2D eigenvalue weighted by molar-refractivity contribution is 6.21. The molecule has 2 amide bonds. The summed E-state index contributed by atoms with van der Waals surface area (Å²) in [6.07, 6.45) is 1.60. The summed E-state index contributed by atoms with van der Waals surface area (Å²) in [6, 6.07) is 10.2. The van der Waals surface area contributed by atoms with Gasteiger partial charge in [-0.3, -0.25) is 9.59 Å². The quantitative estimate of drug-likeness (QED) is 0.579. The van der Waals surface area contributed by atoms with Crippen LogP contribution in [0.25, 0.3) is 0 Å². The highest BCUT2D eigenvalue weighted by atomic mass is 16.5. The lowest BCUT2D eigenvalue weighted by molar-refractivity contribution is -0.136. The SMILES string of the molecule is CC1=NN(C)C(=O)[C@H]1C(=O)NCCCOCCc1ccccc1. The van der Waals surface area contributed by atoms with Crippen molar-refractivity contribution >= 4 is 17.5 Å². The number of hydrazone groups is 1. The smallest absolute Gasteiger partial charge is 0.260 e. The number of hydrogen-bond donors (Lipinski definition) is 1. The van der Waals surface area contributed by atoms with Gasteiger partial charge in [0.25, 0.3) is 5.91 Å². The Morgan fingerprint density at radius 1 is 1.30 bits per heavy atom. The maximum absolute atomic E-state index is 12.0. The van der Waals surface area contributed by atoms with E-state index in [1.54, 1.807) is 14.0 Å². The predicted octanol–water partition coefficient (Wildman–Crippen LogP) is 1.22. The maximum Gasteiger partial charge on any atom is 0.260 e. The van der Waals surface area contributed by atoms with E-state index in [1.165, 1.54) is 10.6 Å². The van der Waals surface area contributed by atoms with Gasteiger partial charge in [-0.1, -0.05) is 30.3 Å². The normalized spacial score (nSPS) is 17.3. The standard InChI is InChI=1S/C17H23N3O3/c1-13-15(17(22)20(2)19-13)16(21)18-10-6-11-23-12-9-14-7-4-3-5-8-14/h3-5,7-8,15H,6,9-12H2,1-2H3,(H,18,21)/t15-/m1/s1. The summed E-state index contributed by atoms with van der Waals surface area (Å²) in [5.41, 5.74) is 1.79. The molecule has 0 fully saturated rings. The average Bonchev–Trinajstić information content (AvgIpc) is 2.80.